The normalized spacial score (nSPS) is 47.9. The first-order valence-electron chi connectivity index (χ1n) is 11.0. The number of carbonyl (C=O) groups excluding carboxylic acids is 3. The molecule has 5 nitrogen and oxygen atoms in total. The zero-order valence-corrected chi connectivity index (χ0v) is 17.5. The van der Waals surface area contributed by atoms with Crippen LogP contribution in [0.25, 0.3) is 0 Å². The number of hydrogen-bond donors (Lipinski definition) is 0. The van der Waals surface area contributed by atoms with Crippen molar-refractivity contribution in [3.8, 4) is 0 Å². The summed E-state index contributed by atoms with van der Waals surface area (Å²) in [6.07, 6.45) is 11.5. The molecule has 5 rings (SSSR count). The van der Waals surface area contributed by atoms with Crippen molar-refractivity contribution in [3.63, 3.8) is 0 Å². The topological polar surface area (TPSA) is 69.7 Å². The lowest BCUT2D eigenvalue weighted by molar-refractivity contribution is -0.162. The Morgan fingerprint density at radius 1 is 1.17 bits per heavy atom. The highest BCUT2D eigenvalue weighted by molar-refractivity contribution is 5.92. The van der Waals surface area contributed by atoms with Crippen LogP contribution in [-0.2, 0) is 23.9 Å². The van der Waals surface area contributed by atoms with Gasteiger partial charge >= 0.3 is 11.9 Å². The summed E-state index contributed by atoms with van der Waals surface area (Å²) in [7, 11) is 1.46. The predicted molar refractivity (Wildman–Crippen MR) is 106 cm³/mol. The average molecular weight is 398 g/mol. The van der Waals surface area contributed by atoms with Crippen molar-refractivity contribution in [2.45, 2.75) is 64.4 Å². The summed E-state index contributed by atoms with van der Waals surface area (Å²) < 4.78 is 11.2. The van der Waals surface area contributed by atoms with Gasteiger partial charge in [-0.25, -0.2) is 0 Å². The van der Waals surface area contributed by atoms with Gasteiger partial charge in [0.25, 0.3) is 0 Å². The summed E-state index contributed by atoms with van der Waals surface area (Å²) in [5, 5.41) is 0. The molecular weight excluding hydrogens is 368 g/mol. The molecule has 1 saturated heterocycles. The molecule has 0 bridgehead atoms. The number of methoxy groups -OCH3 is 1. The summed E-state index contributed by atoms with van der Waals surface area (Å²) in [6.45, 7) is 4.49. The second-order valence-corrected chi connectivity index (χ2v) is 10.2. The molecule has 29 heavy (non-hydrogen) atoms. The number of hydrogen-bond acceptors (Lipinski definition) is 5. The molecule has 0 radical (unpaired) electrons. The van der Waals surface area contributed by atoms with Gasteiger partial charge in [-0.1, -0.05) is 31.6 Å². The van der Waals surface area contributed by atoms with Crippen LogP contribution in [0, 0.1) is 34.5 Å². The minimum absolute atomic E-state index is 0.0942. The standard InChI is InChI=1S/C24H30O5/c1-22-8-4-15(25)12-14(22)13-16(21(27)28-3)20-17(22)5-9-23(2)18(20)6-10-24(23)11-7-19(26)29-24/h5,9,12,16-18,20H,4,6-8,10-11,13H2,1-3H3/t16-,17+,18+,20-,22+,23+,24-/m1/s1. The molecule has 4 aliphatic carbocycles. The van der Waals surface area contributed by atoms with E-state index in [0.717, 1.165) is 31.3 Å². The first-order valence-corrected chi connectivity index (χ1v) is 11.0. The number of esters is 2. The van der Waals surface area contributed by atoms with Crippen molar-refractivity contribution in [1.82, 2.24) is 0 Å². The molecule has 0 aromatic carbocycles. The molecule has 0 aromatic rings. The molecule has 5 heteroatoms. The fraction of sp³-hybridized carbons (Fsp3) is 0.708. The van der Waals surface area contributed by atoms with Gasteiger partial charge < -0.3 is 9.47 Å². The summed E-state index contributed by atoms with van der Waals surface area (Å²) in [4.78, 5) is 37.1. The third kappa shape index (κ3) is 2.36. The number of ether oxygens (including phenoxy) is 2. The van der Waals surface area contributed by atoms with Crippen LogP contribution >= 0.6 is 0 Å². The molecule has 5 aliphatic rings. The Kier molecular flexibility index (Phi) is 3.98. The minimum Gasteiger partial charge on any atom is -0.469 e. The van der Waals surface area contributed by atoms with E-state index in [9.17, 15) is 14.4 Å². The van der Waals surface area contributed by atoms with Crippen molar-refractivity contribution >= 4 is 17.7 Å². The number of carbonyl (C=O) groups is 3. The lowest BCUT2D eigenvalue weighted by atomic mass is 9.46. The monoisotopic (exact) mass is 398 g/mol. The largest absolute Gasteiger partial charge is 0.469 e. The van der Waals surface area contributed by atoms with E-state index in [1.165, 1.54) is 7.11 Å². The van der Waals surface area contributed by atoms with Crippen LogP contribution in [0.4, 0.5) is 0 Å². The molecule has 0 amide bonds. The Bertz CT molecular complexity index is 855. The zero-order chi connectivity index (χ0) is 20.6. The van der Waals surface area contributed by atoms with Gasteiger partial charge in [-0.3, -0.25) is 14.4 Å². The maximum atomic E-state index is 12.9. The lowest BCUT2D eigenvalue weighted by Gasteiger charge is -2.58. The number of fused-ring (bicyclic) bond motifs is 6. The number of rotatable bonds is 1. The molecule has 1 spiro atoms. The highest BCUT2D eigenvalue weighted by Gasteiger charge is 2.67. The van der Waals surface area contributed by atoms with Gasteiger partial charge in [0.05, 0.1) is 13.0 Å². The van der Waals surface area contributed by atoms with Crippen molar-refractivity contribution in [2.75, 3.05) is 7.11 Å². The molecule has 0 unspecified atom stereocenters. The first kappa shape index (κ1) is 19.1. The van der Waals surface area contributed by atoms with Gasteiger partial charge in [-0.05, 0) is 61.3 Å². The second kappa shape index (κ2) is 6.05. The molecule has 3 fully saturated rings. The first-order chi connectivity index (χ1) is 13.7. The van der Waals surface area contributed by atoms with Gasteiger partial charge in [0.15, 0.2) is 5.78 Å². The number of ketones is 1. The molecule has 0 aromatic heterocycles. The lowest BCUT2D eigenvalue weighted by Crippen LogP contribution is -2.56. The van der Waals surface area contributed by atoms with Crippen LogP contribution in [0.2, 0.25) is 0 Å². The molecule has 156 valence electrons. The second-order valence-electron chi connectivity index (χ2n) is 10.2. The van der Waals surface area contributed by atoms with Crippen molar-refractivity contribution in [2.24, 2.45) is 34.5 Å². The Hall–Kier alpha value is -1.91. The summed E-state index contributed by atoms with van der Waals surface area (Å²) in [5.74, 6) is 0.250. The van der Waals surface area contributed by atoms with E-state index >= 15 is 0 Å². The van der Waals surface area contributed by atoms with Crippen molar-refractivity contribution in [3.05, 3.63) is 23.8 Å². The molecule has 0 N–H and O–H groups in total. The highest BCUT2D eigenvalue weighted by Crippen LogP contribution is 2.68. The fourth-order valence-electron chi connectivity index (χ4n) is 7.61. The Balaban J connectivity index is 1.63. The third-order valence-corrected chi connectivity index (χ3v) is 9.29. The SMILES string of the molecule is COC(=O)[C@@H]1CC2=CC(=O)CC[C@]2(C)[C@H]2C=C[C@@]3(C)[C@@H](CC[C@@]34CCC(=O)O4)[C@H]12. The van der Waals surface area contributed by atoms with Gasteiger partial charge in [-0.15, -0.1) is 0 Å². The van der Waals surface area contributed by atoms with Crippen LogP contribution in [-0.4, -0.2) is 30.4 Å². The van der Waals surface area contributed by atoms with Crippen LogP contribution in [0.5, 0.6) is 0 Å². The summed E-state index contributed by atoms with van der Waals surface area (Å²) in [6, 6.07) is 0. The van der Waals surface area contributed by atoms with Gasteiger partial charge in [0.1, 0.15) is 5.60 Å². The molecule has 2 saturated carbocycles. The van der Waals surface area contributed by atoms with Crippen molar-refractivity contribution < 1.29 is 23.9 Å². The van der Waals surface area contributed by atoms with Crippen LogP contribution in [0.1, 0.15) is 58.8 Å². The summed E-state index contributed by atoms with van der Waals surface area (Å²) >= 11 is 0. The predicted octanol–water partition coefficient (Wildman–Crippen LogP) is 3.77. The van der Waals surface area contributed by atoms with Crippen LogP contribution in [0.15, 0.2) is 23.8 Å². The number of allylic oxidation sites excluding steroid dienone is 3. The minimum atomic E-state index is -0.434. The highest BCUT2D eigenvalue weighted by atomic mass is 16.6. The maximum absolute atomic E-state index is 12.9. The van der Waals surface area contributed by atoms with E-state index in [1.807, 2.05) is 0 Å². The molecular formula is C24H30O5. The fourth-order valence-corrected chi connectivity index (χ4v) is 7.61. The molecule has 1 heterocycles. The van der Waals surface area contributed by atoms with Crippen molar-refractivity contribution in [1.29, 1.82) is 0 Å². The third-order valence-electron chi connectivity index (χ3n) is 9.29. The smallest absolute Gasteiger partial charge is 0.309 e. The van der Waals surface area contributed by atoms with E-state index in [-0.39, 0.29) is 52.2 Å². The average Bonchev–Trinajstić information content (AvgIpc) is 3.22. The van der Waals surface area contributed by atoms with Gasteiger partial charge in [0.2, 0.25) is 0 Å². The Labute approximate surface area is 171 Å². The van der Waals surface area contributed by atoms with Crippen LogP contribution in [0.3, 0.4) is 0 Å². The van der Waals surface area contributed by atoms with E-state index in [2.05, 4.69) is 26.0 Å². The Morgan fingerprint density at radius 2 is 1.97 bits per heavy atom. The van der Waals surface area contributed by atoms with E-state index < -0.39 is 5.60 Å². The maximum Gasteiger partial charge on any atom is 0.309 e. The summed E-state index contributed by atoms with van der Waals surface area (Å²) in [5.41, 5.74) is 0.326. The zero-order valence-electron chi connectivity index (χ0n) is 17.5. The van der Waals surface area contributed by atoms with E-state index in [4.69, 9.17) is 9.47 Å². The molecule has 7 atom stereocenters. The quantitative estimate of drug-likeness (QED) is 0.497. The van der Waals surface area contributed by atoms with Gasteiger partial charge in [0, 0.05) is 18.3 Å². The Morgan fingerprint density at radius 3 is 2.66 bits per heavy atom. The van der Waals surface area contributed by atoms with E-state index in [1.54, 1.807) is 6.08 Å². The van der Waals surface area contributed by atoms with Crippen LogP contribution < -0.4 is 0 Å². The van der Waals surface area contributed by atoms with E-state index in [0.29, 0.717) is 19.3 Å². The van der Waals surface area contributed by atoms with Gasteiger partial charge in [-0.2, -0.15) is 0 Å². The molecule has 1 aliphatic heterocycles.